The van der Waals surface area contributed by atoms with E-state index in [0.717, 1.165) is 45.0 Å². The van der Waals surface area contributed by atoms with Gasteiger partial charge in [0.15, 0.2) is 11.6 Å². The molecule has 0 spiro atoms. The molecule has 4 aromatic rings. The van der Waals surface area contributed by atoms with E-state index in [1.807, 2.05) is 38.1 Å². The second-order valence-corrected chi connectivity index (χ2v) is 13.1. The molecule has 0 aliphatic carbocycles. The highest BCUT2D eigenvalue weighted by atomic mass is 127. The summed E-state index contributed by atoms with van der Waals surface area (Å²) < 4.78 is 29.0. The van der Waals surface area contributed by atoms with E-state index in [4.69, 9.17) is 51.9 Å². The number of halogens is 8. The fourth-order valence-corrected chi connectivity index (χ4v) is 4.75. The summed E-state index contributed by atoms with van der Waals surface area (Å²) in [5, 5.41) is 1.05. The average molecular weight is 960 g/mol. The van der Waals surface area contributed by atoms with E-state index in [1.54, 1.807) is 19.1 Å². The van der Waals surface area contributed by atoms with Gasteiger partial charge in [0.2, 0.25) is 0 Å². The summed E-state index contributed by atoms with van der Waals surface area (Å²) in [6, 6.07) is 13.1. The number of nitrogens with two attached hydrogens (primary N) is 5. The minimum atomic E-state index is -0.900. The lowest BCUT2D eigenvalue weighted by molar-refractivity contribution is 0.508. The Morgan fingerprint density at radius 2 is 0.878 bits per heavy atom. The van der Waals surface area contributed by atoms with Crippen molar-refractivity contribution >= 4 is 129 Å². The summed E-state index contributed by atoms with van der Waals surface area (Å²) in [5.41, 5.74) is 33.3. The van der Waals surface area contributed by atoms with Crippen molar-refractivity contribution in [3.63, 3.8) is 0 Å². The van der Waals surface area contributed by atoms with Crippen molar-refractivity contribution in [1.29, 1.82) is 0 Å². The van der Waals surface area contributed by atoms with Gasteiger partial charge in [0.25, 0.3) is 0 Å². The molecule has 41 heavy (non-hydrogen) atoms. The molecule has 4 aromatic carbocycles. The van der Waals surface area contributed by atoms with Crippen LogP contribution in [-0.2, 0) is 0 Å². The van der Waals surface area contributed by atoms with Crippen molar-refractivity contribution in [2.45, 2.75) is 28.2 Å². The molecule has 0 bridgehead atoms. The minimum absolute atomic E-state index is 0. The topological polar surface area (TPSA) is 130 Å². The highest BCUT2D eigenvalue weighted by Crippen LogP contribution is 2.28. The predicted octanol–water partition coefficient (Wildman–Crippen LogP) is 10.5. The van der Waals surface area contributed by atoms with E-state index in [9.17, 15) is 8.78 Å². The Hall–Kier alpha value is -1.26. The van der Waals surface area contributed by atoms with Crippen molar-refractivity contribution < 1.29 is 8.78 Å². The number of anilines is 5. The Balaban J connectivity index is 0.000000516. The third kappa shape index (κ3) is 13.3. The Morgan fingerprint density at radius 1 is 0.537 bits per heavy atom. The van der Waals surface area contributed by atoms with E-state index in [-0.39, 0.29) is 13.1 Å². The van der Waals surface area contributed by atoms with Gasteiger partial charge in [-0.05, 0) is 157 Å². The molecule has 5 nitrogen and oxygen atoms in total. The van der Waals surface area contributed by atoms with Crippen molar-refractivity contribution in [2.24, 2.45) is 0 Å². The van der Waals surface area contributed by atoms with Crippen LogP contribution < -0.4 is 28.7 Å². The molecular weight excluding hydrogens is 929 g/mol. The Morgan fingerprint density at radius 3 is 1.32 bits per heavy atom. The van der Waals surface area contributed by atoms with Gasteiger partial charge >= 0.3 is 0 Å². The third-order valence-corrected chi connectivity index (χ3v) is 10.4. The maximum atomic E-state index is 12.3. The summed E-state index contributed by atoms with van der Waals surface area (Å²) in [6.45, 7) is 5.49. The number of nitrogen functional groups attached to an aromatic ring is 5. The van der Waals surface area contributed by atoms with Crippen LogP contribution in [0.5, 0.6) is 0 Å². The summed E-state index contributed by atoms with van der Waals surface area (Å²) in [5.74, 6) is -1.75. The number of rotatable bonds is 0. The first-order valence-electron chi connectivity index (χ1n) is 11.1. The summed E-state index contributed by atoms with van der Waals surface area (Å²) >= 11 is 22.6. The maximum absolute atomic E-state index is 12.3. The van der Waals surface area contributed by atoms with E-state index in [1.165, 1.54) is 0 Å². The van der Waals surface area contributed by atoms with Crippen LogP contribution in [0.25, 0.3) is 0 Å². The SMILES string of the molecule is C.Cc1cc(Br)c(Br)cc1N.Cc1cc(Cl)c(Cl)cc1N.Cc1cc(F)c(F)cc1N.Nc1cc(I)c(I)cc1N. The van der Waals surface area contributed by atoms with Crippen LogP contribution in [0.3, 0.4) is 0 Å². The fourth-order valence-electron chi connectivity index (χ4n) is 2.56. The number of hydrogen-bond donors (Lipinski definition) is 5. The lowest BCUT2D eigenvalue weighted by Gasteiger charge is -2.01. The lowest BCUT2D eigenvalue weighted by Crippen LogP contribution is -1.96. The summed E-state index contributed by atoms with van der Waals surface area (Å²) in [6.07, 6.45) is 0. The third-order valence-electron chi connectivity index (χ3n) is 5.05. The molecule has 0 amide bonds. The quantitative estimate of drug-likeness (QED) is 0.0885. The van der Waals surface area contributed by atoms with Gasteiger partial charge in [-0.3, -0.25) is 0 Å². The first-order valence-corrected chi connectivity index (χ1v) is 15.6. The Bertz CT molecular complexity index is 1070. The van der Waals surface area contributed by atoms with Crippen molar-refractivity contribution in [2.75, 3.05) is 28.7 Å². The van der Waals surface area contributed by atoms with Crippen LogP contribution >= 0.6 is 100 Å². The smallest absolute Gasteiger partial charge is 0.160 e. The normalized spacial score (nSPS) is 9.63. The molecule has 0 aromatic heterocycles. The van der Waals surface area contributed by atoms with Gasteiger partial charge in [0, 0.05) is 39.2 Å². The number of aryl methyl sites for hydroxylation is 3. The lowest BCUT2D eigenvalue weighted by atomic mass is 10.2. The van der Waals surface area contributed by atoms with E-state index in [0.29, 0.717) is 32.7 Å². The number of benzene rings is 4. The van der Waals surface area contributed by atoms with Crippen LogP contribution in [0.2, 0.25) is 10.0 Å². The van der Waals surface area contributed by atoms with E-state index in [2.05, 4.69) is 77.0 Å². The summed E-state index contributed by atoms with van der Waals surface area (Å²) in [4.78, 5) is 0. The zero-order valence-electron chi connectivity index (χ0n) is 21.5. The molecule has 0 radical (unpaired) electrons. The maximum Gasteiger partial charge on any atom is 0.160 e. The zero-order valence-corrected chi connectivity index (χ0v) is 30.5. The van der Waals surface area contributed by atoms with Gasteiger partial charge in [0.05, 0.1) is 21.4 Å². The first kappa shape index (κ1) is 39.7. The van der Waals surface area contributed by atoms with Gasteiger partial charge in [-0.15, -0.1) is 0 Å². The molecule has 4 rings (SSSR count). The van der Waals surface area contributed by atoms with Gasteiger partial charge in [-0.2, -0.15) is 0 Å². The zero-order chi connectivity index (χ0) is 30.9. The van der Waals surface area contributed by atoms with Crippen molar-refractivity contribution in [3.8, 4) is 0 Å². The molecule has 13 heteroatoms. The molecule has 0 fully saturated rings. The van der Waals surface area contributed by atoms with Crippen LogP contribution in [0.1, 0.15) is 24.1 Å². The van der Waals surface area contributed by atoms with Crippen LogP contribution in [0.4, 0.5) is 37.2 Å². The van der Waals surface area contributed by atoms with Crippen LogP contribution in [-0.4, -0.2) is 0 Å². The fraction of sp³-hybridized carbons (Fsp3) is 0.143. The van der Waals surface area contributed by atoms with Gasteiger partial charge in [-0.25, -0.2) is 8.78 Å². The van der Waals surface area contributed by atoms with E-state index < -0.39 is 11.6 Å². The van der Waals surface area contributed by atoms with Gasteiger partial charge in [0.1, 0.15) is 0 Å². The largest absolute Gasteiger partial charge is 0.398 e. The predicted molar refractivity (Wildman–Crippen MR) is 200 cm³/mol. The average Bonchev–Trinajstić information content (AvgIpc) is 2.85. The van der Waals surface area contributed by atoms with Crippen LogP contribution in [0, 0.1) is 39.5 Å². The molecule has 0 heterocycles. The van der Waals surface area contributed by atoms with Crippen molar-refractivity contribution in [1.82, 2.24) is 0 Å². The minimum Gasteiger partial charge on any atom is -0.398 e. The molecule has 0 aliphatic rings. The Kier molecular flexibility index (Phi) is 17.8. The second-order valence-electron chi connectivity index (χ2n) is 8.26. The molecule has 10 N–H and O–H groups in total. The highest BCUT2D eigenvalue weighted by Gasteiger charge is 2.03. The molecule has 224 valence electrons. The molecule has 0 unspecified atom stereocenters. The first-order chi connectivity index (χ1) is 18.4. The standard InChI is InChI=1S/C7H7Br2N.C7H7Cl2N.C7H7F2N.C6H6I2N2.CH4/c3*1-4-2-5(8)6(9)3-7(4)10;7-3-1-5(9)6(10)2-4(3)8;/h3*2-3H,10H2,1H3;1-2H,9-10H2;1H4. The summed E-state index contributed by atoms with van der Waals surface area (Å²) in [7, 11) is 0. The second kappa shape index (κ2) is 18.4. The van der Waals surface area contributed by atoms with Gasteiger partial charge < -0.3 is 28.7 Å². The van der Waals surface area contributed by atoms with Crippen LogP contribution in [0.15, 0.2) is 57.5 Å². The van der Waals surface area contributed by atoms with E-state index >= 15 is 0 Å². The molecule has 0 aliphatic heterocycles. The van der Waals surface area contributed by atoms with Gasteiger partial charge in [-0.1, -0.05) is 30.6 Å². The molecule has 0 atom stereocenters. The molecule has 0 saturated heterocycles. The molecular formula is C28H31Br2Cl2F2I2N5. The monoisotopic (exact) mass is 957 g/mol. The van der Waals surface area contributed by atoms with Crippen molar-refractivity contribution in [3.05, 3.63) is 103 Å². The Labute approximate surface area is 294 Å². The highest BCUT2D eigenvalue weighted by molar-refractivity contribution is 14.1. The molecule has 0 saturated carbocycles. The number of hydrogen-bond acceptors (Lipinski definition) is 5.